The van der Waals surface area contributed by atoms with Crippen molar-refractivity contribution in [1.82, 2.24) is 4.90 Å². The van der Waals surface area contributed by atoms with Crippen molar-refractivity contribution in [3.05, 3.63) is 29.8 Å². The van der Waals surface area contributed by atoms with E-state index in [2.05, 4.69) is 10.2 Å². The third-order valence-electron chi connectivity index (χ3n) is 5.42. The van der Waals surface area contributed by atoms with E-state index < -0.39 is 0 Å². The van der Waals surface area contributed by atoms with Gasteiger partial charge in [-0.3, -0.25) is 9.69 Å². The average molecular weight is 344 g/mol. The monoisotopic (exact) mass is 344 g/mol. The van der Waals surface area contributed by atoms with E-state index in [0.717, 1.165) is 24.9 Å². The fourth-order valence-corrected chi connectivity index (χ4v) is 4.13. The topological polar surface area (TPSA) is 58.6 Å². The van der Waals surface area contributed by atoms with Gasteiger partial charge in [0.2, 0.25) is 5.91 Å². The second-order valence-electron chi connectivity index (χ2n) is 7.17. The zero-order chi connectivity index (χ0) is 17.6. The van der Waals surface area contributed by atoms with Gasteiger partial charge in [0, 0.05) is 12.2 Å². The van der Waals surface area contributed by atoms with Crippen LogP contribution in [-0.4, -0.2) is 43.0 Å². The maximum absolute atomic E-state index is 12.3. The van der Waals surface area contributed by atoms with Crippen LogP contribution in [0.25, 0.3) is 0 Å². The second kappa shape index (κ2) is 8.48. The molecule has 0 radical (unpaired) electrons. The van der Waals surface area contributed by atoms with E-state index in [9.17, 15) is 9.59 Å². The standard InChI is InChI=1S/C20H28N2O3/c1-2-25-20(24)16-7-9-18(10-8-16)21-19(23)14-22-12-11-15-5-3-4-6-17(15)13-22/h7-10,15,17H,2-6,11-14H2,1H3,(H,21,23)/t15-,17+/m0/s1. The molecule has 3 rings (SSSR count). The molecule has 0 unspecified atom stereocenters. The third-order valence-corrected chi connectivity index (χ3v) is 5.42. The second-order valence-corrected chi connectivity index (χ2v) is 7.17. The van der Waals surface area contributed by atoms with Crippen LogP contribution in [0.4, 0.5) is 5.69 Å². The molecule has 0 aromatic heterocycles. The SMILES string of the molecule is CCOC(=O)c1ccc(NC(=O)CN2CC[C@@H]3CCCC[C@@H]3C2)cc1. The minimum Gasteiger partial charge on any atom is -0.462 e. The molecule has 1 aromatic carbocycles. The zero-order valence-electron chi connectivity index (χ0n) is 15.0. The van der Waals surface area contributed by atoms with Crippen LogP contribution in [0.3, 0.4) is 0 Å². The van der Waals surface area contributed by atoms with Gasteiger partial charge in [0.1, 0.15) is 0 Å². The number of carbonyl (C=O) groups excluding carboxylic acids is 2. The van der Waals surface area contributed by atoms with Crippen molar-refractivity contribution in [1.29, 1.82) is 0 Å². The zero-order valence-corrected chi connectivity index (χ0v) is 15.0. The highest BCUT2D eigenvalue weighted by molar-refractivity contribution is 5.94. The normalized spacial score (nSPS) is 23.6. The Hall–Kier alpha value is -1.88. The summed E-state index contributed by atoms with van der Waals surface area (Å²) in [6.45, 7) is 4.66. The highest BCUT2D eigenvalue weighted by Gasteiger charge is 2.31. The minimum atomic E-state index is -0.337. The smallest absolute Gasteiger partial charge is 0.338 e. The Kier molecular flexibility index (Phi) is 6.08. The lowest BCUT2D eigenvalue weighted by atomic mass is 9.75. The summed E-state index contributed by atoms with van der Waals surface area (Å²) in [6.07, 6.45) is 6.64. The van der Waals surface area contributed by atoms with Gasteiger partial charge in [-0.15, -0.1) is 0 Å². The molecule has 0 bridgehead atoms. The maximum Gasteiger partial charge on any atom is 0.338 e. The van der Waals surface area contributed by atoms with Crippen molar-refractivity contribution in [2.75, 3.05) is 31.6 Å². The molecule has 25 heavy (non-hydrogen) atoms. The lowest BCUT2D eigenvalue weighted by Crippen LogP contribution is -2.44. The van der Waals surface area contributed by atoms with Crippen molar-refractivity contribution < 1.29 is 14.3 Å². The predicted molar refractivity (Wildman–Crippen MR) is 97.5 cm³/mol. The van der Waals surface area contributed by atoms with Gasteiger partial charge in [0.25, 0.3) is 0 Å². The van der Waals surface area contributed by atoms with Crippen molar-refractivity contribution in [2.45, 2.75) is 39.0 Å². The number of amides is 1. The van der Waals surface area contributed by atoms with Crippen molar-refractivity contribution in [3.63, 3.8) is 0 Å². The molecule has 1 aliphatic carbocycles. The Labute approximate surface area is 149 Å². The molecule has 1 aromatic rings. The van der Waals surface area contributed by atoms with Crippen LogP contribution in [0, 0.1) is 11.8 Å². The van der Waals surface area contributed by atoms with E-state index in [0.29, 0.717) is 24.4 Å². The fraction of sp³-hybridized carbons (Fsp3) is 0.600. The van der Waals surface area contributed by atoms with Gasteiger partial charge in [-0.1, -0.05) is 19.3 Å². The highest BCUT2D eigenvalue weighted by Crippen LogP contribution is 2.35. The number of carbonyl (C=O) groups is 2. The number of hydrogen-bond donors (Lipinski definition) is 1. The Bertz CT molecular complexity index is 599. The van der Waals surface area contributed by atoms with Crippen LogP contribution in [0.15, 0.2) is 24.3 Å². The summed E-state index contributed by atoms with van der Waals surface area (Å²) in [5, 5.41) is 2.93. The van der Waals surface area contributed by atoms with Gasteiger partial charge in [0.15, 0.2) is 0 Å². The molecule has 2 aliphatic rings. The largest absolute Gasteiger partial charge is 0.462 e. The van der Waals surface area contributed by atoms with E-state index in [-0.39, 0.29) is 11.9 Å². The summed E-state index contributed by atoms with van der Waals surface area (Å²) in [5.74, 6) is 1.33. The van der Waals surface area contributed by atoms with Crippen LogP contribution >= 0.6 is 0 Å². The molecule has 2 atom stereocenters. The molecule has 1 saturated carbocycles. The molecule has 1 heterocycles. The average Bonchev–Trinajstić information content (AvgIpc) is 2.62. The number of rotatable bonds is 5. The van der Waals surface area contributed by atoms with Crippen LogP contribution in [0.5, 0.6) is 0 Å². The Morgan fingerprint density at radius 1 is 1.12 bits per heavy atom. The molecular weight excluding hydrogens is 316 g/mol. The van der Waals surface area contributed by atoms with Crippen molar-refractivity contribution in [2.24, 2.45) is 11.8 Å². The molecule has 136 valence electrons. The number of likely N-dealkylation sites (tertiary alicyclic amines) is 1. The summed E-state index contributed by atoms with van der Waals surface area (Å²) in [7, 11) is 0. The number of fused-ring (bicyclic) bond motifs is 1. The third kappa shape index (κ3) is 4.82. The quantitative estimate of drug-likeness (QED) is 0.833. The Morgan fingerprint density at radius 3 is 2.56 bits per heavy atom. The number of benzene rings is 1. The first-order valence-electron chi connectivity index (χ1n) is 9.45. The van der Waals surface area contributed by atoms with Crippen molar-refractivity contribution >= 4 is 17.6 Å². The van der Waals surface area contributed by atoms with Gasteiger partial charge in [-0.05, 0) is 62.4 Å². The summed E-state index contributed by atoms with van der Waals surface area (Å²) in [4.78, 5) is 26.2. The van der Waals surface area contributed by atoms with E-state index in [4.69, 9.17) is 4.74 Å². The molecule has 1 N–H and O–H groups in total. The summed E-state index contributed by atoms with van der Waals surface area (Å²) in [5.41, 5.74) is 1.21. The molecule has 0 spiro atoms. The van der Waals surface area contributed by atoms with Crippen LogP contribution in [-0.2, 0) is 9.53 Å². The molecule has 1 saturated heterocycles. The maximum atomic E-state index is 12.3. The number of nitrogens with zero attached hydrogens (tertiary/aromatic N) is 1. The fourth-order valence-electron chi connectivity index (χ4n) is 4.13. The van der Waals surface area contributed by atoms with Gasteiger partial charge >= 0.3 is 5.97 Å². The number of nitrogens with one attached hydrogen (secondary N) is 1. The first-order chi connectivity index (χ1) is 12.2. The molecule has 5 heteroatoms. The van der Waals surface area contributed by atoms with Gasteiger partial charge in [-0.2, -0.15) is 0 Å². The minimum absolute atomic E-state index is 0.0122. The molecule has 1 aliphatic heterocycles. The van der Waals surface area contributed by atoms with E-state index in [1.54, 1.807) is 31.2 Å². The molecule has 2 fully saturated rings. The van der Waals surface area contributed by atoms with Crippen molar-refractivity contribution in [3.8, 4) is 0 Å². The lowest BCUT2D eigenvalue weighted by Gasteiger charge is -2.41. The summed E-state index contributed by atoms with van der Waals surface area (Å²) in [6, 6.07) is 6.86. The van der Waals surface area contributed by atoms with E-state index in [1.807, 2.05) is 0 Å². The number of hydrogen-bond acceptors (Lipinski definition) is 4. The lowest BCUT2D eigenvalue weighted by molar-refractivity contribution is -0.118. The van der Waals surface area contributed by atoms with Crippen LogP contribution in [0.1, 0.15) is 49.4 Å². The summed E-state index contributed by atoms with van der Waals surface area (Å²) < 4.78 is 4.96. The van der Waals surface area contributed by atoms with Gasteiger partial charge in [-0.25, -0.2) is 4.79 Å². The predicted octanol–water partition coefficient (Wildman–Crippen LogP) is 3.31. The number of esters is 1. The number of piperidine rings is 1. The van der Waals surface area contributed by atoms with E-state index >= 15 is 0 Å². The number of anilines is 1. The molecular formula is C20H28N2O3. The first-order valence-corrected chi connectivity index (χ1v) is 9.45. The summed E-state index contributed by atoms with van der Waals surface area (Å²) >= 11 is 0. The van der Waals surface area contributed by atoms with Gasteiger partial charge < -0.3 is 10.1 Å². The molecule has 1 amide bonds. The van der Waals surface area contributed by atoms with E-state index in [1.165, 1.54) is 32.1 Å². The Balaban J connectivity index is 1.48. The number of ether oxygens (including phenoxy) is 1. The van der Waals surface area contributed by atoms with Crippen LogP contribution < -0.4 is 5.32 Å². The first kappa shape index (κ1) is 17.9. The molecule has 5 nitrogen and oxygen atoms in total. The highest BCUT2D eigenvalue weighted by atomic mass is 16.5. The Morgan fingerprint density at radius 2 is 1.84 bits per heavy atom. The van der Waals surface area contributed by atoms with Gasteiger partial charge in [0.05, 0.1) is 18.7 Å². The van der Waals surface area contributed by atoms with Crippen LogP contribution in [0.2, 0.25) is 0 Å².